The molecule has 3 rings (SSSR count). The number of phenols is 2. The van der Waals surface area contributed by atoms with Gasteiger partial charge in [-0.05, 0) is 49.5 Å². The fraction of sp³-hybridized carbons (Fsp3) is 0.526. The summed E-state index contributed by atoms with van der Waals surface area (Å²) >= 11 is 0. The van der Waals surface area contributed by atoms with Crippen LogP contribution in [0.4, 0.5) is 0 Å². The number of carbonyl (C=O) groups is 1. The molecule has 2 unspecified atom stereocenters. The van der Waals surface area contributed by atoms with E-state index in [9.17, 15) is 15.0 Å². The van der Waals surface area contributed by atoms with E-state index in [0.717, 1.165) is 18.4 Å². The molecule has 0 radical (unpaired) electrons. The summed E-state index contributed by atoms with van der Waals surface area (Å²) in [6, 6.07) is 3.29. The maximum Gasteiger partial charge on any atom is 0.161 e. The van der Waals surface area contributed by atoms with Crippen LogP contribution in [-0.2, 0) is 14.9 Å². The van der Waals surface area contributed by atoms with Crippen molar-refractivity contribution < 1.29 is 19.7 Å². The number of rotatable bonds is 2. The van der Waals surface area contributed by atoms with Gasteiger partial charge in [-0.1, -0.05) is 19.9 Å². The van der Waals surface area contributed by atoms with Gasteiger partial charge in [-0.25, -0.2) is 0 Å². The number of carbonyl (C=O) groups excluding carboxylic acids is 1. The van der Waals surface area contributed by atoms with Gasteiger partial charge in [-0.15, -0.1) is 0 Å². The van der Waals surface area contributed by atoms with Gasteiger partial charge in [0.25, 0.3) is 0 Å². The van der Waals surface area contributed by atoms with Crippen molar-refractivity contribution in [1.82, 2.24) is 0 Å². The minimum Gasteiger partial charge on any atom is -0.504 e. The first kappa shape index (κ1) is 16.1. The van der Waals surface area contributed by atoms with Gasteiger partial charge < -0.3 is 14.9 Å². The number of benzene rings is 1. The molecule has 0 bridgehead atoms. The Hall–Kier alpha value is -1.81. The van der Waals surface area contributed by atoms with Crippen LogP contribution in [0.3, 0.4) is 0 Å². The molecule has 1 aromatic rings. The molecule has 4 heteroatoms. The number of hydrogen-bond acceptors (Lipinski definition) is 4. The summed E-state index contributed by atoms with van der Waals surface area (Å²) in [5, 5.41) is 20.6. The van der Waals surface area contributed by atoms with E-state index in [0.29, 0.717) is 18.6 Å². The van der Waals surface area contributed by atoms with Crippen LogP contribution in [0.25, 0.3) is 0 Å². The molecule has 0 spiro atoms. The zero-order chi connectivity index (χ0) is 16.8. The summed E-state index contributed by atoms with van der Waals surface area (Å²) in [5.41, 5.74) is 0.246. The van der Waals surface area contributed by atoms with E-state index in [1.165, 1.54) is 6.07 Å². The Balaban J connectivity index is 2.34. The normalized spacial score (nSPS) is 30.5. The lowest BCUT2D eigenvalue weighted by molar-refractivity contribution is -0.147. The molecule has 0 aromatic heterocycles. The first-order chi connectivity index (χ1) is 10.8. The predicted octanol–water partition coefficient (Wildman–Crippen LogP) is 3.38. The highest BCUT2D eigenvalue weighted by Gasteiger charge is 2.59. The third-order valence-corrected chi connectivity index (χ3v) is 5.53. The Morgan fingerprint density at radius 1 is 1.26 bits per heavy atom. The van der Waals surface area contributed by atoms with Gasteiger partial charge in [-0.2, -0.15) is 0 Å². The van der Waals surface area contributed by atoms with Crippen LogP contribution >= 0.6 is 0 Å². The Morgan fingerprint density at radius 3 is 2.70 bits per heavy atom. The highest BCUT2D eigenvalue weighted by Crippen LogP contribution is 2.57. The van der Waals surface area contributed by atoms with Gasteiger partial charge in [-0.3, -0.25) is 4.79 Å². The average Bonchev–Trinajstić information content (AvgIpc) is 2.50. The highest BCUT2D eigenvalue weighted by molar-refractivity contribution is 5.93. The van der Waals surface area contributed by atoms with Crippen molar-refractivity contribution in [2.24, 2.45) is 5.92 Å². The van der Waals surface area contributed by atoms with Crippen LogP contribution in [-0.4, -0.2) is 28.2 Å². The fourth-order valence-electron chi connectivity index (χ4n) is 4.56. The molecule has 1 aliphatic carbocycles. The SMILES string of the molecule is Cc1ccc(O)c(O)c1C12CCCOC1(C(C)C)C=CC(=O)C2. The third-order valence-electron chi connectivity index (χ3n) is 5.53. The smallest absolute Gasteiger partial charge is 0.161 e. The van der Waals surface area contributed by atoms with Crippen molar-refractivity contribution in [2.45, 2.75) is 51.0 Å². The lowest BCUT2D eigenvalue weighted by Gasteiger charge is -2.56. The van der Waals surface area contributed by atoms with Gasteiger partial charge >= 0.3 is 0 Å². The van der Waals surface area contributed by atoms with E-state index in [4.69, 9.17) is 4.74 Å². The summed E-state index contributed by atoms with van der Waals surface area (Å²) in [6.07, 6.45) is 5.35. The van der Waals surface area contributed by atoms with Gasteiger partial charge in [0.15, 0.2) is 17.3 Å². The monoisotopic (exact) mass is 316 g/mol. The van der Waals surface area contributed by atoms with E-state index >= 15 is 0 Å². The van der Waals surface area contributed by atoms with Crippen molar-refractivity contribution in [3.05, 3.63) is 35.4 Å². The van der Waals surface area contributed by atoms with Crippen molar-refractivity contribution >= 4 is 5.78 Å². The average molecular weight is 316 g/mol. The molecule has 2 atom stereocenters. The van der Waals surface area contributed by atoms with Crippen molar-refractivity contribution in [1.29, 1.82) is 0 Å². The van der Waals surface area contributed by atoms with E-state index < -0.39 is 11.0 Å². The van der Waals surface area contributed by atoms with Crippen molar-refractivity contribution in [3.8, 4) is 11.5 Å². The van der Waals surface area contributed by atoms with Gasteiger partial charge in [0.05, 0.1) is 5.60 Å². The standard InChI is InChI=1S/C19H24O4/c1-12(2)19-9-7-14(20)11-18(19,8-4-10-23-19)16-13(3)5-6-15(21)17(16)22/h5-7,9,12,21-22H,4,8,10-11H2,1-3H3. The molecule has 2 aliphatic rings. The minimum absolute atomic E-state index is 0.0360. The minimum atomic E-state index is -0.644. The summed E-state index contributed by atoms with van der Waals surface area (Å²) in [6.45, 7) is 6.70. The predicted molar refractivity (Wildman–Crippen MR) is 87.7 cm³/mol. The van der Waals surface area contributed by atoms with Crippen LogP contribution in [0, 0.1) is 12.8 Å². The van der Waals surface area contributed by atoms with Gasteiger partial charge in [0.1, 0.15) is 0 Å². The van der Waals surface area contributed by atoms with Crippen LogP contribution in [0.2, 0.25) is 0 Å². The second-order valence-electron chi connectivity index (χ2n) is 7.08. The molecule has 1 saturated heterocycles. The Labute approximate surface area is 136 Å². The maximum atomic E-state index is 12.3. The summed E-state index contributed by atoms with van der Waals surface area (Å²) in [7, 11) is 0. The summed E-state index contributed by atoms with van der Waals surface area (Å²) < 4.78 is 6.26. The zero-order valence-corrected chi connectivity index (χ0v) is 13.9. The van der Waals surface area contributed by atoms with E-state index in [2.05, 4.69) is 13.8 Å². The summed E-state index contributed by atoms with van der Waals surface area (Å²) in [4.78, 5) is 12.3. The van der Waals surface area contributed by atoms with Gasteiger partial charge in [0.2, 0.25) is 0 Å². The lowest BCUT2D eigenvalue weighted by atomic mass is 9.54. The molecule has 0 amide bonds. The number of aromatic hydroxyl groups is 2. The van der Waals surface area contributed by atoms with Crippen LogP contribution in [0.5, 0.6) is 11.5 Å². The number of phenolic OH excluding ortho intramolecular Hbond substituents is 2. The van der Waals surface area contributed by atoms with E-state index in [1.54, 1.807) is 12.1 Å². The molecule has 4 nitrogen and oxygen atoms in total. The Bertz CT molecular complexity index is 676. The second-order valence-corrected chi connectivity index (χ2v) is 7.08. The molecule has 0 saturated carbocycles. The molecule has 1 fully saturated rings. The third kappa shape index (κ3) is 2.12. The van der Waals surface area contributed by atoms with Crippen LogP contribution < -0.4 is 0 Å². The molecular formula is C19H24O4. The molecule has 2 N–H and O–H groups in total. The Morgan fingerprint density at radius 2 is 2.00 bits per heavy atom. The largest absolute Gasteiger partial charge is 0.504 e. The zero-order valence-electron chi connectivity index (χ0n) is 13.9. The Kier molecular flexibility index (Phi) is 3.75. The number of ether oxygens (including phenoxy) is 1. The number of aryl methyl sites for hydroxylation is 1. The molecule has 1 aromatic carbocycles. The molecular weight excluding hydrogens is 292 g/mol. The number of hydrogen-bond donors (Lipinski definition) is 2. The molecule has 23 heavy (non-hydrogen) atoms. The number of allylic oxidation sites excluding steroid dienone is 1. The molecule has 1 aliphatic heterocycles. The van der Waals surface area contributed by atoms with Crippen molar-refractivity contribution in [2.75, 3.05) is 6.61 Å². The van der Waals surface area contributed by atoms with Gasteiger partial charge in [0, 0.05) is 24.0 Å². The quantitative estimate of drug-likeness (QED) is 0.821. The first-order valence-electron chi connectivity index (χ1n) is 8.22. The highest BCUT2D eigenvalue weighted by atomic mass is 16.5. The van der Waals surface area contributed by atoms with Crippen molar-refractivity contribution in [3.63, 3.8) is 0 Å². The fourth-order valence-corrected chi connectivity index (χ4v) is 4.56. The maximum absolute atomic E-state index is 12.3. The lowest BCUT2D eigenvalue weighted by Crippen LogP contribution is -2.61. The topological polar surface area (TPSA) is 66.8 Å². The van der Waals surface area contributed by atoms with E-state index in [1.807, 2.05) is 13.0 Å². The van der Waals surface area contributed by atoms with E-state index in [-0.39, 0.29) is 23.2 Å². The molecule has 1 heterocycles. The summed E-state index contributed by atoms with van der Waals surface area (Å²) in [5.74, 6) is -0.101. The number of fused-ring (bicyclic) bond motifs is 1. The first-order valence-corrected chi connectivity index (χ1v) is 8.22. The number of ketones is 1. The second kappa shape index (κ2) is 5.38. The van der Waals surface area contributed by atoms with Crippen LogP contribution in [0.15, 0.2) is 24.3 Å². The molecule has 124 valence electrons. The van der Waals surface area contributed by atoms with Crippen LogP contribution in [0.1, 0.15) is 44.2 Å².